The van der Waals surface area contributed by atoms with Crippen LogP contribution in [-0.2, 0) is 14.8 Å². The fraction of sp³-hybridized carbons (Fsp3) is 0.316. The summed E-state index contributed by atoms with van der Waals surface area (Å²) in [6.07, 6.45) is 1.00. The van der Waals surface area contributed by atoms with Crippen LogP contribution < -0.4 is 9.04 Å². The molecule has 0 bridgehead atoms. The number of carboxylic acid groups (broad SMARTS) is 1. The second kappa shape index (κ2) is 8.38. The summed E-state index contributed by atoms with van der Waals surface area (Å²) in [7, 11) is -2.58. The van der Waals surface area contributed by atoms with Crippen molar-refractivity contribution in [3.8, 4) is 5.75 Å². The summed E-state index contributed by atoms with van der Waals surface area (Å²) in [5, 5.41) is 9.91. The van der Waals surface area contributed by atoms with Gasteiger partial charge in [0.05, 0.1) is 17.7 Å². The molecule has 0 atom stereocenters. The lowest BCUT2D eigenvalue weighted by atomic mass is 10.1. The van der Waals surface area contributed by atoms with E-state index in [1.807, 2.05) is 0 Å². The van der Waals surface area contributed by atoms with Gasteiger partial charge in [0.25, 0.3) is 10.0 Å². The molecule has 7 nitrogen and oxygen atoms in total. The van der Waals surface area contributed by atoms with E-state index in [-0.39, 0.29) is 27.9 Å². The third-order valence-corrected chi connectivity index (χ3v) is 6.71. The maximum Gasteiger partial charge on any atom is 0.339 e. The average molecular weight is 426 g/mol. The summed E-state index contributed by atoms with van der Waals surface area (Å²) in [6.45, 7) is 0.860. The molecule has 2 aromatic carbocycles. The number of halogens is 1. The van der Waals surface area contributed by atoms with Crippen molar-refractivity contribution in [2.45, 2.75) is 23.8 Å². The van der Waals surface area contributed by atoms with Gasteiger partial charge in [-0.05, 0) is 55.3 Å². The number of hydrogen-bond donors (Lipinski definition) is 1. The minimum Gasteiger partial charge on any atom is -0.496 e. The topological polar surface area (TPSA) is 93.1 Å². The largest absolute Gasteiger partial charge is 0.496 e. The molecular formula is C19H20ClNO6S. The van der Waals surface area contributed by atoms with E-state index in [9.17, 15) is 18.3 Å². The normalized spacial score (nSPS) is 15.2. The lowest BCUT2D eigenvalue weighted by Crippen LogP contribution is -2.43. The zero-order chi connectivity index (χ0) is 20.3. The number of carboxylic acids is 1. The molecule has 1 fully saturated rings. The Labute approximate surface area is 168 Å². The van der Waals surface area contributed by atoms with Crippen LogP contribution in [0, 0.1) is 0 Å². The highest BCUT2D eigenvalue weighted by molar-refractivity contribution is 7.92. The van der Waals surface area contributed by atoms with Crippen LogP contribution in [0.4, 0.5) is 5.69 Å². The van der Waals surface area contributed by atoms with Gasteiger partial charge in [0.1, 0.15) is 11.3 Å². The van der Waals surface area contributed by atoms with Gasteiger partial charge in [-0.3, -0.25) is 4.31 Å². The Hall–Kier alpha value is -2.29. The van der Waals surface area contributed by atoms with Gasteiger partial charge < -0.3 is 14.6 Å². The van der Waals surface area contributed by atoms with E-state index in [0.717, 1.165) is 0 Å². The van der Waals surface area contributed by atoms with Gasteiger partial charge in [0.15, 0.2) is 0 Å². The first kappa shape index (κ1) is 20.4. The summed E-state index contributed by atoms with van der Waals surface area (Å²) in [5.74, 6) is -1.04. The predicted molar refractivity (Wildman–Crippen MR) is 105 cm³/mol. The zero-order valence-electron chi connectivity index (χ0n) is 15.2. The number of aromatic carboxylic acids is 1. The molecule has 3 rings (SSSR count). The summed E-state index contributed by atoms with van der Waals surface area (Å²) in [6, 6.07) is 9.86. The number of methoxy groups -OCH3 is 1. The maximum atomic E-state index is 13.4. The highest BCUT2D eigenvalue weighted by Gasteiger charge is 2.33. The summed E-state index contributed by atoms with van der Waals surface area (Å²) in [4.78, 5) is 11.7. The number of sulfonamides is 1. The fourth-order valence-electron chi connectivity index (χ4n) is 3.19. The number of nitrogens with zero attached hydrogens (tertiary/aromatic N) is 1. The molecule has 0 spiro atoms. The monoisotopic (exact) mass is 425 g/mol. The van der Waals surface area contributed by atoms with Crippen molar-refractivity contribution >= 4 is 33.3 Å². The fourth-order valence-corrected chi connectivity index (χ4v) is 5.01. The molecule has 9 heteroatoms. The lowest BCUT2D eigenvalue weighted by molar-refractivity contribution is 0.0693. The molecule has 0 radical (unpaired) electrons. The number of hydrogen-bond acceptors (Lipinski definition) is 5. The van der Waals surface area contributed by atoms with E-state index in [0.29, 0.717) is 31.1 Å². The van der Waals surface area contributed by atoms with Crippen molar-refractivity contribution in [1.82, 2.24) is 0 Å². The number of carbonyl (C=O) groups is 1. The van der Waals surface area contributed by atoms with E-state index in [1.165, 1.54) is 47.8 Å². The molecule has 150 valence electrons. The van der Waals surface area contributed by atoms with Gasteiger partial charge in [0.2, 0.25) is 0 Å². The number of ether oxygens (including phenoxy) is 2. The summed E-state index contributed by atoms with van der Waals surface area (Å²) in [5.41, 5.74) is 0.156. The molecule has 1 aliphatic rings. The molecule has 0 aromatic heterocycles. The molecule has 28 heavy (non-hydrogen) atoms. The van der Waals surface area contributed by atoms with Crippen molar-refractivity contribution in [3.63, 3.8) is 0 Å². The average Bonchev–Trinajstić information content (AvgIpc) is 2.69. The Morgan fingerprint density at radius 2 is 1.82 bits per heavy atom. The molecule has 1 saturated heterocycles. The third-order valence-electron chi connectivity index (χ3n) is 4.56. The van der Waals surface area contributed by atoms with Crippen molar-refractivity contribution in [2.75, 3.05) is 24.6 Å². The van der Waals surface area contributed by atoms with Crippen LogP contribution >= 0.6 is 11.6 Å². The number of benzene rings is 2. The van der Waals surface area contributed by atoms with Crippen LogP contribution in [0.3, 0.4) is 0 Å². The Morgan fingerprint density at radius 1 is 1.18 bits per heavy atom. The first-order valence-corrected chi connectivity index (χ1v) is 10.5. The SMILES string of the molecule is COc1ccc(N(C2CCOCC2)S(=O)(=O)c2ccc(Cl)cc2)cc1C(=O)O. The van der Waals surface area contributed by atoms with Gasteiger partial charge in [-0.1, -0.05) is 11.6 Å². The highest BCUT2D eigenvalue weighted by Crippen LogP contribution is 2.33. The number of anilines is 1. The summed E-state index contributed by atoms with van der Waals surface area (Å²) >= 11 is 5.89. The van der Waals surface area contributed by atoms with Crippen LogP contribution in [0.15, 0.2) is 47.4 Å². The smallest absolute Gasteiger partial charge is 0.339 e. The van der Waals surface area contributed by atoms with Crippen LogP contribution in [0.25, 0.3) is 0 Å². The first-order chi connectivity index (χ1) is 13.3. The molecule has 1 aliphatic heterocycles. The minimum absolute atomic E-state index is 0.0797. The van der Waals surface area contributed by atoms with E-state index in [1.54, 1.807) is 6.07 Å². The Morgan fingerprint density at radius 3 is 2.39 bits per heavy atom. The standard InChI is InChI=1S/C19H20ClNO6S/c1-26-18-7-4-15(12-17(18)19(22)23)21(14-8-10-27-11-9-14)28(24,25)16-5-2-13(20)3-6-16/h2-7,12,14H,8-11H2,1H3,(H,22,23). The summed E-state index contributed by atoms with van der Waals surface area (Å²) < 4.78 is 38.6. The van der Waals surface area contributed by atoms with Gasteiger partial charge in [-0.2, -0.15) is 0 Å². The van der Waals surface area contributed by atoms with Crippen LogP contribution in [0.5, 0.6) is 5.75 Å². The van der Waals surface area contributed by atoms with Crippen molar-refractivity contribution < 1.29 is 27.8 Å². The predicted octanol–water partition coefficient (Wildman–Crippen LogP) is 3.42. The van der Waals surface area contributed by atoms with Gasteiger partial charge in [-0.25, -0.2) is 13.2 Å². The van der Waals surface area contributed by atoms with E-state index in [2.05, 4.69) is 0 Å². The van der Waals surface area contributed by atoms with Crippen LogP contribution in [0.2, 0.25) is 5.02 Å². The molecular weight excluding hydrogens is 406 g/mol. The van der Waals surface area contributed by atoms with Gasteiger partial charge in [-0.15, -0.1) is 0 Å². The molecule has 0 saturated carbocycles. The highest BCUT2D eigenvalue weighted by atomic mass is 35.5. The Balaban J connectivity index is 2.13. The maximum absolute atomic E-state index is 13.4. The second-order valence-electron chi connectivity index (χ2n) is 6.29. The van der Waals surface area contributed by atoms with Gasteiger partial charge in [0, 0.05) is 24.3 Å². The minimum atomic E-state index is -3.95. The second-order valence-corrected chi connectivity index (χ2v) is 8.54. The molecule has 0 aliphatic carbocycles. The van der Waals surface area contributed by atoms with E-state index >= 15 is 0 Å². The van der Waals surface area contributed by atoms with E-state index in [4.69, 9.17) is 21.1 Å². The van der Waals surface area contributed by atoms with Crippen molar-refractivity contribution in [3.05, 3.63) is 53.1 Å². The molecule has 1 heterocycles. The van der Waals surface area contributed by atoms with Crippen molar-refractivity contribution in [2.24, 2.45) is 0 Å². The van der Waals surface area contributed by atoms with Gasteiger partial charge >= 0.3 is 5.97 Å². The molecule has 0 amide bonds. The van der Waals surface area contributed by atoms with Crippen molar-refractivity contribution in [1.29, 1.82) is 0 Å². The third kappa shape index (κ3) is 4.09. The number of rotatable bonds is 6. The lowest BCUT2D eigenvalue weighted by Gasteiger charge is -2.35. The molecule has 0 unspecified atom stereocenters. The Bertz CT molecular complexity index is 955. The van der Waals surface area contributed by atoms with Crippen LogP contribution in [-0.4, -0.2) is 45.9 Å². The Kier molecular flexibility index (Phi) is 6.12. The molecule has 1 N–H and O–H groups in total. The van der Waals surface area contributed by atoms with Crippen LogP contribution in [0.1, 0.15) is 23.2 Å². The quantitative estimate of drug-likeness (QED) is 0.762. The molecule has 2 aromatic rings. The first-order valence-electron chi connectivity index (χ1n) is 8.63. The van der Waals surface area contributed by atoms with E-state index < -0.39 is 16.0 Å². The zero-order valence-corrected chi connectivity index (χ0v) is 16.7.